The maximum Gasteiger partial charge on any atom is 0.305 e. The lowest BCUT2D eigenvalue weighted by Crippen LogP contribution is -2.62. The Morgan fingerprint density at radius 2 is 1.79 bits per heavy atom. The van der Waals surface area contributed by atoms with E-state index in [1.807, 2.05) is 6.92 Å². The molecule has 344 valence electrons. The number of esters is 1. The number of rotatable bonds is 10. The van der Waals surface area contributed by atoms with E-state index in [9.17, 15) is 24.9 Å². The van der Waals surface area contributed by atoms with Crippen LogP contribution in [0.25, 0.3) is 0 Å². The van der Waals surface area contributed by atoms with Gasteiger partial charge in [-0.3, -0.25) is 9.59 Å². The highest BCUT2D eigenvalue weighted by atomic mass is 16.5. The van der Waals surface area contributed by atoms with Gasteiger partial charge in [0, 0.05) is 30.6 Å². The molecule has 0 saturated heterocycles. The van der Waals surface area contributed by atoms with E-state index in [1.54, 1.807) is 0 Å². The fourth-order valence-electron chi connectivity index (χ4n) is 16.6. The molecule has 1 aromatic rings. The molecule has 7 fully saturated rings. The molecular weight excluding hydrogens is 789 g/mol. The molecule has 63 heavy (non-hydrogen) atoms. The van der Waals surface area contributed by atoms with E-state index in [1.165, 1.54) is 29.4 Å². The first kappa shape index (κ1) is 45.2. The van der Waals surface area contributed by atoms with Crippen LogP contribution in [-0.4, -0.2) is 71.3 Å². The maximum atomic E-state index is 12.6. The fraction of sp³-hybridized carbons (Fsp3) is 0.745. The van der Waals surface area contributed by atoms with Crippen LogP contribution >= 0.6 is 0 Å². The minimum absolute atomic E-state index is 0.0627. The van der Waals surface area contributed by atoms with Crippen molar-refractivity contribution < 1.29 is 39.1 Å². The highest BCUT2D eigenvalue weighted by Crippen LogP contribution is 2.69. The molecule has 7 saturated carbocycles. The van der Waals surface area contributed by atoms with Crippen LogP contribution in [0.4, 0.5) is 0 Å². The van der Waals surface area contributed by atoms with Crippen LogP contribution in [0.3, 0.4) is 0 Å². The van der Waals surface area contributed by atoms with Crippen LogP contribution in [-0.2, 0) is 19.1 Å². The molecule has 0 bridgehead atoms. The van der Waals surface area contributed by atoms with Gasteiger partial charge in [-0.25, -0.2) is 0 Å². The van der Waals surface area contributed by atoms with Gasteiger partial charge in [0.2, 0.25) is 0 Å². The van der Waals surface area contributed by atoms with Crippen LogP contribution in [0.15, 0.2) is 41.0 Å². The average molecular weight is 865 g/mol. The molecule has 8 aliphatic rings. The Morgan fingerprint density at radius 3 is 2.56 bits per heavy atom. The second-order valence-electron chi connectivity index (χ2n) is 22.6. The second-order valence-corrected chi connectivity index (χ2v) is 22.6. The summed E-state index contributed by atoms with van der Waals surface area (Å²) in [5.41, 5.74) is 5.01. The number of aliphatic hydroxyl groups excluding tert-OH is 2. The molecule has 16 atom stereocenters. The van der Waals surface area contributed by atoms with Crippen LogP contribution in [0, 0.1) is 82.4 Å². The number of aryl methyl sites for hydroxylation is 1. The van der Waals surface area contributed by atoms with Gasteiger partial charge in [0.15, 0.2) is 0 Å². The Labute approximate surface area is 377 Å². The van der Waals surface area contributed by atoms with Crippen molar-refractivity contribution in [2.24, 2.45) is 63.6 Å². The van der Waals surface area contributed by atoms with Crippen LogP contribution in [0.5, 0.6) is 5.75 Å². The molecule has 0 aliphatic heterocycles. The molecule has 8 heteroatoms. The number of aliphatic hydroxyl groups is 3. The van der Waals surface area contributed by atoms with Gasteiger partial charge in [0.1, 0.15) is 23.7 Å². The summed E-state index contributed by atoms with van der Waals surface area (Å²) in [5, 5.41) is 36.1. The standard InChI is InChI=1S/C55H76O8/c1-8-21-55(60)23-20-43-40-13-10-35-27-37(56)12-14-39(35)50(40)41(31-53(43,55)5)34-11-17-47(33(3)26-34)63-25-24-62-38-19-22-52(4)36(28-38)29-46(57)51-44-16-15-42(32(2)9-18-49(59)61-7)54(44,6)48(58)30-45(51)52/h10-11,17,26,32,36,38,40-46,48,51,57-58,60H,9,12-16,18-20,22-25,27-31H2,1-7H3/t32-,36?,38+,40?,41-,42?,43?,44+,45+,46-,48+,51+,52+,53+,54-,55+/m1/s1. The average Bonchev–Trinajstić information content (AvgIpc) is 3.75. The van der Waals surface area contributed by atoms with E-state index < -0.39 is 11.7 Å². The summed E-state index contributed by atoms with van der Waals surface area (Å²) in [4.78, 5) is 24.5. The number of ether oxygens (including phenoxy) is 3. The highest BCUT2D eigenvalue weighted by molar-refractivity contribution is 5.84. The van der Waals surface area contributed by atoms with Crippen LogP contribution in [0.2, 0.25) is 0 Å². The molecule has 0 amide bonds. The lowest BCUT2D eigenvalue weighted by atomic mass is 9.43. The first-order valence-corrected chi connectivity index (χ1v) is 24.9. The topological polar surface area (TPSA) is 123 Å². The summed E-state index contributed by atoms with van der Waals surface area (Å²) in [6.07, 6.45) is 14.9. The molecule has 0 spiro atoms. The molecule has 9 rings (SSSR count). The Balaban J connectivity index is 0.834. The van der Waals surface area contributed by atoms with E-state index in [0.717, 1.165) is 88.4 Å². The lowest BCUT2D eigenvalue weighted by molar-refractivity contribution is -0.209. The van der Waals surface area contributed by atoms with Crippen molar-refractivity contribution in [1.29, 1.82) is 0 Å². The van der Waals surface area contributed by atoms with Crippen molar-refractivity contribution in [2.75, 3.05) is 20.3 Å². The van der Waals surface area contributed by atoms with Gasteiger partial charge in [-0.05, 0) is 184 Å². The number of methoxy groups -OCH3 is 1. The monoisotopic (exact) mass is 865 g/mol. The van der Waals surface area contributed by atoms with E-state index >= 15 is 0 Å². The summed E-state index contributed by atoms with van der Waals surface area (Å²) in [5.74, 6) is 10.0. The number of Topliss-reactive ketones (excluding diaryl/α,β-unsaturated/α-hetero) is 1. The van der Waals surface area contributed by atoms with Crippen molar-refractivity contribution in [3.8, 4) is 17.6 Å². The highest BCUT2D eigenvalue weighted by Gasteiger charge is 2.66. The summed E-state index contributed by atoms with van der Waals surface area (Å²) in [7, 11) is 1.45. The zero-order valence-corrected chi connectivity index (χ0v) is 39.3. The summed E-state index contributed by atoms with van der Waals surface area (Å²) in [6, 6.07) is 6.66. The molecule has 8 nitrogen and oxygen atoms in total. The van der Waals surface area contributed by atoms with Crippen molar-refractivity contribution in [2.45, 2.75) is 174 Å². The quantitative estimate of drug-likeness (QED) is 0.121. The number of ketones is 1. The minimum atomic E-state index is -1.00. The third kappa shape index (κ3) is 7.41. The summed E-state index contributed by atoms with van der Waals surface area (Å²) < 4.78 is 17.9. The summed E-state index contributed by atoms with van der Waals surface area (Å²) in [6.45, 7) is 14.2. The SMILES string of the molecule is CC#C[C@]1(O)CCC2C3CC=C4CC(=O)CCC4=C3[C@@H](c3ccc(OCCO[C@H]4CC[C@@]5(C)C(C4)C[C@@H](O)[C@H]4[C@@H]6CCC([C@H](C)CCC(=O)OC)[C@@]6(C)[C@@H](O)C[C@@H]45)c(C)c3)C[C@@]21C. The van der Waals surface area contributed by atoms with Crippen molar-refractivity contribution >= 4 is 11.8 Å². The first-order valence-electron chi connectivity index (χ1n) is 24.9. The predicted octanol–water partition coefficient (Wildman–Crippen LogP) is 9.60. The number of carbonyl (C=O) groups excluding carboxylic acids is 2. The molecule has 1 aromatic carbocycles. The first-order chi connectivity index (χ1) is 30.1. The number of fused-ring (bicyclic) bond motifs is 9. The lowest BCUT2D eigenvalue weighted by Gasteiger charge is -2.63. The zero-order chi connectivity index (χ0) is 44.6. The molecule has 0 radical (unpaired) electrons. The number of allylic oxidation sites excluding steroid dienone is 4. The number of hydrogen-bond donors (Lipinski definition) is 3. The van der Waals surface area contributed by atoms with Gasteiger partial charge in [0.05, 0.1) is 32.0 Å². The molecule has 0 aromatic heterocycles. The Morgan fingerprint density at radius 1 is 0.984 bits per heavy atom. The van der Waals surface area contributed by atoms with Gasteiger partial charge >= 0.3 is 5.97 Å². The van der Waals surface area contributed by atoms with Gasteiger partial charge in [-0.15, -0.1) is 5.92 Å². The van der Waals surface area contributed by atoms with E-state index in [4.69, 9.17) is 14.2 Å². The maximum absolute atomic E-state index is 12.6. The Hall–Kier alpha value is -2.96. The molecule has 3 N–H and O–H groups in total. The summed E-state index contributed by atoms with van der Waals surface area (Å²) >= 11 is 0. The van der Waals surface area contributed by atoms with E-state index in [2.05, 4.69) is 70.7 Å². The second kappa shape index (κ2) is 17.0. The van der Waals surface area contributed by atoms with E-state index in [-0.39, 0.29) is 58.1 Å². The normalized spacial score (nSPS) is 43.2. The van der Waals surface area contributed by atoms with Crippen molar-refractivity contribution in [3.63, 3.8) is 0 Å². The smallest absolute Gasteiger partial charge is 0.305 e. The third-order valence-electron chi connectivity index (χ3n) is 20.0. The van der Waals surface area contributed by atoms with Gasteiger partial charge in [-0.2, -0.15) is 0 Å². The Kier molecular flexibility index (Phi) is 12.2. The van der Waals surface area contributed by atoms with Crippen LogP contribution < -0.4 is 4.74 Å². The number of benzene rings is 1. The third-order valence-corrected chi connectivity index (χ3v) is 20.0. The van der Waals surface area contributed by atoms with Crippen molar-refractivity contribution in [1.82, 2.24) is 0 Å². The van der Waals surface area contributed by atoms with Gasteiger partial charge in [-0.1, -0.05) is 57.4 Å². The number of hydrogen-bond acceptors (Lipinski definition) is 8. The minimum Gasteiger partial charge on any atom is -0.491 e. The van der Waals surface area contributed by atoms with E-state index in [0.29, 0.717) is 74.3 Å². The van der Waals surface area contributed by atoms with Crippen molar-refractivity contribution in [3.05, 3.63) is 52.1 Å². The zero-order valence-electron chi connectivity index (χ0n) is 39.3. The van der Waals surface area contributed by atoms with Gasteiger partial charge < -0.3 is 29.5 Å². The predicted molar refractivity (Wildman–Crippen MR) is 243 cm³/mol. The van der Waals surface area contributed by atoms with Gasteiger partial charge in [0.25, 0.3) is 0 Å². The molecule has 8 aliphatic carbocycles. The number of carbonyl (C=O) groups is 2. The Bertz CT molecular complexity index is 2080. The molecule has 4 unspecified atom stereocenters. The molecule has 0 heterocycles. The van der Waals surface area contributed by atoms with Crippen LogP contribution in [0.1, 0.15) is 154 Å². The molecular formula is C55H76O8. The fourth-order valence-corrected chi connectivity index (χ4v) is 16.6. The largest absolute Gasteiger partial charge is 0.491 e.